The zero-order chi connectivity index (χ0) is 20.2. The fraction of sp³-hybridized carbons (Fsp3) is 0.333. The number of aryl methyl sites for hydroxylation is 1. The van der Waals surface area contributed by atoms with E-state index in [9.17, 15) is 4.79 Å². The molecule has 5 heterocycles. The van der Waals surface area contributed by atoms with E-state index in [-0.39, 0.29) is 5.63 Å². The molecule has 4 aromatic rings. The molecule has 6 rings (SSSR count). The Morgan fingerprint density at radius 2 is 2.07 bits per heavy atom. The molecule has 0 N–H and O–H groups in total. The molecule has 0 spiro atoms. The summed E-state index contributed by atoms with van der Waals surface area (Å²) in [5.41, 5.74) is 4.84. The third kappa shape index (κ3) is 2.82. The molecule has 6 heteroatoms. The van der Waals surface area contributed by atoms with Gasteiger partial charge in [0, 0.05) is 67.0 Å². The minimum absolute atomic E-state index is 0.304. The molecule has 0 radical (unpaired) electrons. The number of hydrogen-bond acceptors (Lipinski definition) is 5. The van der Waals surface area contributed by atoms with Crippen LogP contribution >= 0.6 is 0 Å². The van der Waals surface area contributed by atoms with Gasteiger partial charge in [-0.15, -0.1) is 0 Å². The summed E-state index contributed by atoms with van der Waals surface area (Å²) in [7, 11) is 0. The molecule has 2 aliphatic heterocycles. The molecule has 30 heavy (non-hydrogen) atoms. The summed E-state index contributed by atoms with van der Waals surface area (Å²) < 4.78 is 7.77. The maximum absolute atomic E-state index is 12.8. The quantitative estimate of drug-likeness (QED) is 0.480. The molecular formula is C24H24N4O2. The first-order valence-corrected chi connectivity index (χ1v) is 10.7. The van der Waals surface area contributed by atoms with Crippen LogP contribution in [0.3, 0.4) is 0 Å². The van der Waals surface area contributed by atoms with Crippen molar-refractivity contribution >= 4 is 22.2 Å². The van der Waals surface area contributed by atoms with E-state index in [1.807, 2.05) is 41.9 Å². The van der Waals surface area contributed by atoms with Gasteiger partial charge in [-0.25, -0.2) is 4.79 Å². The van der Waals surface area contributed by atoms with Crippen molar-refractivity contribution < 1.29 is 4.42 Å². The summed E-state index contributed by atoms with van der Waals surface area (Å²) >= 11 is 0. The van der Waals surface area contributed by atoms with E-state index in [0.717, 1.165) is 47.5 Å². The molecule has 2 fully saturated rings. The fourth-order valence-electron chi connectivity index (χ4n) is 5.05. The fourth-order valence-corrected chi connectivity index (χ4v) is 5.05. The number of fused-ring (bicyclic) bond motifs is 3. The van der Waals surface area contributed by atoms with Gasteiger partial charge >= 0.3 is 5.63 Å². The Bertz CT molecular complexity index is 1320. The summed E-state index contributed by atoms with van der Waals surface area (Å²) in [5.74, 6) is 0. The van der Waals surface area contributed by atoms with Crippen LogP contribution in [0.5, 0.6) is 0 Å². The number of benzene rings is 1. The van der Waals surface area contributed by atoms with E-state index in [1.54, 1.807) is 6.20 Å². The van der Waals surface area contributed by atoms with Crippen LogP contribution in [0.4, 0.5) is 5.69 Å². The lowest BCUT2D eigenvalue weighted by Gasteiger charge is -2.38. The molecule has 2 saturated heterocycles. The van der Waals surface area contributed by atoms with Crippen LogP contribution in [0.1, 0.15) is 18.5 Å². The summed E-state index contributed by atoms with van der Waals surface area (Å²) in [6.45, 7) is 6.39. The van der Waals surface area contributed by atoms with Crippen LogP contribution in [0, 0.1) is 6.92 Å². The Labute approximate surface area is 174 Å². The molecule has 6 nitrogen and oxygen atoms in total. The number of aromatic nitrogens is 2. The van der Waals surface area contributed by atoms with Crippen molar-refractivity contribution in [1.29, 1.82) is 0 Å². The predicted octanol–water partition coefficient (Wildman–Crippen LogP) is 3.70. The normalized spacial score (nSPS) is 19.6. The van der Waals surface area contributed by atoms with Gasteiger partial charge in [0.05, 0.1) is 16.8 Å². The van der Waals surface area contributed by atoms with Gasteiger partial charge in [-0.05, 0) is 50.6 Å². The SMILES string of the molecule is Cc1nccn2cc(-c3cc4ccc(N5CCN6CCCC6C5)cc4oc3=O)cc12. The maximum Gasteiger partial charge on any atom is 0.344 e. The summed E-state index contributed by atoms with van der Waals surface area (Å²) in [4.78, 5) is 22.2. The Kier molecular flexibility index (Phi) is 3.96. The monoisotopic (exact) mass is 400 g/mol. The van der Waals surface area contributed by atoms with Crippen LogP contribution in [0.2, 0.25) is 0 Å². The van der Waals surface area contributed by atoms with E-state index in [4.69, 9.17) is 4.42 Å². The van der Waals surface area contributed by atoms with Gasteiger partial charge in [0.2, 0.25) is 0 Å². The molecule has 2 aliphatic rings. The molecule has 152 valence electrons. The third-order valence-corrected chi connectivity index (χ3v) is 6.70. The van der Waals surface area contributed by atoms with Gasteiger partial charge in [-0.2, -0.15) is 0 Å². The first kappa shape index (κ1) is 17.7. The molecule has 3 aromatic heterocycles. The number of nitrogens with zero attached hydrogens (tertiary/aromatic N) is 4. The number of anilines is 1. The Morgan fingerprint density at radius 3 is 2.97 bits per heavy atom. The Morgan fingerprint density at radius 1 is 1.13 bits per heavy atom. The maximum atomic E-state index is 12.8. The lowest BCUT2D eigenvalue weighted by molar-refractivity contribution is 0.231. The second-order valence-electron chi connectivity index (χ2n) is 8.48. The second kappa shape index (κ2) is 6.71. The second-order valence-corrected chi connectivity index (χ2v) is 8.48. The van der Waals surface area contributed by atoms with Gasteiger partial charge in [0.1, 0.15) is 5.58 Å². The highest BCUT2D eigenvalue weighted by Gasteiger charge is 2.30. The topological polar surface area (TPSA) is 54.0 Å². The Hall–Kier alpha value is -3.12. The zero-order valence-corrected chi connectivity index (χ0v) is 17.0. The summed E-state index contributed by atoms with van der Waals surface area (Å²) in [6.07, 6.45) is 8.20. The van der Waals surface area contributed by atoms with Gasteiger partial charge in [0.25, 0.3) is 0 Å². The van der Waals surface area contributed by atoms with Crippen molar-refractivity contribution in [3.63, 3.8) is 0 Å². The van der Waals surface area contributed by atoms with Gasteiger partial charge in [-0.3, -0.25) is 9.88 Å². The first-order chi connectivity index (χ1) is 14.7. The van der Waals surface area contributed by atoms with Gasteiger partial charge in [-0.1, -0.05) is 0 Å². The van der Waals surface area contributed by atoms with Crippen LogP contribution in [0.25, 0.3) is 27.6 Å². The van der Waals surface area contributed by atoms with Crippen molar-refractivity contribution in [2.75, 3.05) is 31.1 Å². The van der Waals surface area contributed by atoms with Crippen LogP contribution in [-0.2, 0) is 0 Å². The molecule has 0 saturated carbocycles. The van der Waals surface area contributed by atoms with E-state index in [1.165, 1.54) is 19.4 Å². The average Bonchev–Trinajstić information content (AvgIpc) is 3.40. The predicted molar refractivity (Wildman–Crippen MR) is 118 cm³/mol. The largest absolute Gasteiger partial charge is 0.422 e. The van der Waals surface area contributed by atoms with E-state index in [0.29, 0.717) is 17.2 Å². The van der Waals surface area contributed by atoms with Gasteiger partial charge in [0.15, 0.2) is 0 Å². The Balaban J connectivity index is 1.37. The zero-order valence-electron chi connectivity index (χ0n) is 17.0. The average molecular weight is 400 g/mol. The minimum atomic E-state index is -0.304. The van der Waals surface area contributed by atoms with E-state index >= 15 is 0 Å². The van der Waals surface area contributed by atoms with Crippen molar-refractivity contribution in [1.82, 2.24) is 14.3 Å². The highest BCUT2D eigenvalue weighted by Crippen LogP contribution is 2.29. The summed E-state index contributed by atoms with van der Waals surface area (Å²) in [5, 5.41) is 0.943. The van der Waals surface area contributed by atoms with Crippen LogP contribution in [0.15, 0.2) is 58.1 Å². The molecule has 1 atom stereocenters. The van der Waals surface area contributed by atoms with Crippen molar-refractivity contribution in [2.24, 2.45) is 0 Å². The number of piperazine rings is 1. The van der Waals surface area contributed by atoms with Crippen molar-refractivity contribution in [3.05, 3.63) is 65.0 Å². The highest BCUT2D eigenvalue weighted by molar-refractivity contribution is 5.85. The van der Waals surface area contributed by atoms with E-state index < -0.39 is 0 Å². The molecule has 0 bridgehead atoms. The number of rotatable bonds is 2. The first-order valence-electron chi connectivity index (χ1n) is 10.7. The third-order valence-electron chi connectivity index (χ3n) is 6.70. The highest BCUT2D eigenvalue weighted by atomic mass is 16.4. The lowest BCUT2D eigenvalue weighted by atomic mass is 10.1. The van der Waals surface area contributed by atoms with Gasteiger partial charge < -0.3 is 13.7 Å². The lowest BCUT2D eigenvalue weighted by Crippen LogP contribution is -2.50. The van der Waals surface area contributed by atoms with Crippen LogP contribution in [-0.4, -0.2) is 46.5 Å². The van der Waals surface area contributed by atoms with Crippen molar-refractivity contribution in [3.8, 4) is 11.1 Å². The molecule has 0 amide bonds. The smallest absolute Gasteiger partial charge is 0.344 e. The van der Waals surface area contributed by atoms with Crippen LogP contribution < -0.4 is 10.5 Å². The minimum Gasteiger partial charge on any atom is -0.422 e. The molecule has 1 unspecified atom stereocenters. The summed E-state index contributed by atoms with van der Waals surface area (Å²) in [6, 6.07) is 10.8. The van der Waals surface area contributed by atoms with Crippen molar-refractivity contribution in [2.45, 2.75) is 25.8 Å². The molecule has 0 aliphatic carbocycles. The van der Waals surface area contributed by atoms with E-state index in [2.05, 4.69) is 26.9 Å². The molecule has 1 aromatic carbocycles. The molecular weight excluding hydrogens is 376 g/mol. The number of hydrogen-bond donors (Lipinski definition) is 0. The standard InChI is InChI=1S/C24H24N4O2/c1-16-22-12-18(14-28(22)8-6-25-16)21-11-17-4-5-19(13-23(17)30-24(21)29)27-10-9-26-7-2-3-20(26)15-27/h4-6,8,11-14,20H,2-3,7,9-10,15H2,1H3.